The molecule has 3 heteroatoms. The van der Waals surface area contributed by atoms with Gasteiger partial charge in [0.15, 0.2) is 0 Å². The summed E-state index contributed by atoms with van der Waals surface area (Å²) in [5.74, 6) is 0.253. The van der Waals surface area contributed by atoms with Gasteiger partial charge < -0.3 is 10.0 Å². The third-order valence-corrected chi connectivity index (χ3v) is 4.38. The summed E-state index contributed by atoms with van der Waals surface area (Å²) in [5.41, 5.74) is -0.432. The van der Waals surface area contributed by atoms with Gasteiger partial charge in [-0.1, -0.05) is 19.3 Å². The molecule has 0 saturated heterocycles. The first-order valence-electron chi connectivity index (χ1n) is 6.54. The fourth-order valence-electron chi connectivity index (χ4n) is 3.19. The van der Waals surface area contributed by atoms with Crippen molar-refractivity contribution in [3.63, 3.8) is 0 Å². The van der Waals surface area contributed by atoms with Crippen LogP contribution in [-0.4, -0.2) is 36.1 Å². The first-order chi connectivity index (χ1) is 7.62. The molecule has 2 aliphatic carbocycles. The third kappa shape index (κ3) is 2.40. The number of carbonyl (C=O) groups is 1. The largest absolute Gasteiger partial charge is 0.481 e. The zero-order valence-corrected chi connectivity index (χ0v) is 10.2. The maximum Gasteiger partial charge on any atom is 0.310 e. The molecular weight excluding hydrogens is 202 g/mol. The number of rotatable bonds is 5. The van der Waals surface area contributed by atoms with Gasteiger partial charge >= 0.3 is 5.97 Å². The lowest BCUT2D eigenvalue weighted by Gasteiger charge is -2.34. The standard InChI is InChI=1S/C13H23NO2/c1-14(9-11-5-4-6-11)10-13(12(15)16)7-2-3-8-13/h11H,2-10H2,1H3,(H,15,16). The average molecular weight is 225 g/mol. The minimum Gasteiger partial charge on any atom is -0.481 e. The van der Waals surface area contributed by atoms with Gasteiger partial charge in [-0.25, -0.2) is 0 Å². The van der Waals surface area contributed by atoms with Crippen LogP contribution in [0.25, 0.3) is 0 Å². The van der Waals surface area contributed by atoms with Crippen molar-refractivity contribution < 1.29 is 9.90 Å². The van der Waals surface area contributed by atoms with Gasteiger partial charge in [-0.15, -0.1) is 0 Å². The first-order valence-corrected chi connectivity index (χ1v) is 6.54. The molecule has 2 aliphatic rings. The van der Waals surface area contributed by atoms with Gasteiger partial charge in [0.05, 0.1) is 5.41 Å². The molecule has 0 heterocycles. The van der Waals surface area contributed by atoms with E-state index in [1.165, 1.54) is 19.3 Å². The highest BCUT2D eigenvalue weighted by Crippen LogP contribution is 2.39. The van der Waals surface area contributed by atoms with Crippen molar-refractivity contribution in [1.82, 2.24) is 4.90 Å². The molecule has 0 bridgehead atoms. The van der Waals surface area contributed by atoms with Crippen LogP contribution in [0.1, 0.15) is 44.9 Å². The molecule has 0 amide bonds. The van der Waals surface area contributed by atoms with E-state index in [-0.39, 0.29) is 0 Å². The monoisotopic (exact) mass is 225 g/mol. The molecule has 3 nitrogen and oxygen atoms in total. The number of aliphatic carboxylic acids is 1. The molecule has 92 valence electrons. The number of hydrogen-bond donors (Lipinski definition) is 1. The summed E-state index contributed by atoms with van der Waals surface area (Å²) in [4.78, 5) is 13.7. The van der Waals surface area contributed by atoms with E-state index in [1.807, 2.05) is 0 Å². The molecule has 0 aromatic rings. The minimum atomic E-state index is -0.578. The van der Waals surface area contributed by atoms with Crippen molar-refractivity contribution in [2.75, 3.05) is 20.1 Å². The van der Waals surface area contributed by atoms with Crippen molar-refractivity contribution in [1.29, 1.82) is 0 Å². The highest BCUT2D eigenvalue weighted by atomic mass is 16.4. The maximum atomic E-state index is 11.4. The SMILES string of the molecule is CN(CC1CCC1)CC1(C(=O)O)CCCC1. The van der Waals surface area contributed by atoms with E-state index >= 15 is 0 Å². The smallest absolute Gasteiger partial charge is 0.310 e. The second-order valence-electron chi connectivity index (χ2n) is 5.79. The number of nitrogens with zero attached hydrogens (tertiary/aromatic N) is 1. The van der Waals surface area contributed by atoms with Crippen molar-refractivity contribution in [2.45, 2.75) is 44.9 Å². The average Bonchev–Trinajstić information content (AvgIpc) is 2.61. The van der Waals surface area contributed by atoms with Gasteiger partial charge in [0.25, 0.3) is 0 Å². The van der Waals surface area contributed by atoms with Crippen molar-refractivity contribution in [3.8, 4) is 0 Å². The predicted molar refractivity (Wildman–Crippen MR) is 63.4 cm³/mol. The summed E-state index contributed by atoms with van der Waals surface area (Å²) < 4.78 is 0. The van der Waals surface area contributed by atoms with E-state index < -0.39 is 11.4 Å². The normalized spacial score (nSPS) is 24.6. The molecule has 0 atom stereocenters. The van der Waals surface area contributed by atoms with Crippen molar-refractivity contribution >= 4 is 5.97 Å². The zero-order chi connectivity index (χ0) is 11.6. The zero-order valence-electron chi connectivity index (χ0n) is 10.2. The minimum absolute atomic E-state index is 0.432. The van der Waals surface area contributed by atoms with E-state index in [0.717, 1.165) is 44.7 Å². The van der Waals surface area contributed by atoms with Gasteiger partial charge in [-0.2, -0.15) is 0 Å². The van der Waals surface area contributed by atoms with Gasteiger partial charge in [0.1, 0.15) is 0 Å². The van der Waals surface area contributed by atoms with Crippen molar-refractivity contribution in [2.24, 2.45) is 11.3 Å². The Bertz CT molecular complexity index is 255. The molecule has 0 aromatic carbocycles. The van der Waals surface area contributed by atoms with Gasteiger partial charge in [0, 0.05) is 13.1 Å². The van der Waals surface area contributed by atoms with Crippen LogP contribution in [0.15, 0.2) is 0 Å². The molecule has 1 N–H and O–H groups in total. The second-order valence-corrected chi connectivity index (χ2v) is 5.79. The topological polar surface area (TPSA) is 40.5 Å². The van der Waals surface area contributed by atoms with E-state index in [1.54, 1.807) is 0 Å². The highest BCUT2D eigenvalue weighted by molar-refractivity contribution is 5.75. The fraction of sp³-hybridized carbons (Fsp3) is 0.923. The number of hydrogen-bond acceptors (Lipinski definition) is 2. The Morgan fingerprint density at radius 2 is 1.94 bits per heavy atom. The molecule has 2 fully saturated rings. The van der Waals surface area contributed by atoms with Crippen LogP contribution in [0.3, 0.4) is 0 Å². The molecule has 0 unspecified atom stereocenters. The maximum absolute atomic E-state index is 11.4. The van der Waals surface area contributed by atoms with E-state index in [4.69, 9.17) is 0 Å². The summed E-state index contributed by atoms with van der Waals surface area (Å²) in [5, 5.41) is 9.39. The molecule has 0 spiro atoms. The van der Waals surface area contributed by atoms with E-state index in [9.17, 15) is 9.90 Å². The van der Waals surface area contributed by atoms with Gasteiger partial charge in [-0.05, 0) is 38.6 Å². The summed E-state index contributed by atoms with van der Waals surface area (Å²) >= 11 is 0. The molecule has 2 rings (SSSR count). The predicted octanol–water partition coefficient (Wildman–Crippen LogP) is 2.36. The lowest BCUT2D eigenvalue weighted by molar-refractivity contribution is -0.149. The molecular formula is C13H23NO2. The molecule has 0 aliphatic heterocycles. The van der Waals surface area contributed by atoms with Crippen LogP contribution < -0.4 is 0 Å². The molecule has 16 heavy (non-hydrogen) atoms. The van der Waals surface area contributed by atoms with Crippen LogP contribution in [0.4, 0.5) is 0 Å². The first kappa shape index (κ1) is 11.9. The Labute approximate surface area is 97.8 Å². The Morgan fingerprint density at radius 3 is 2.38 bits per heavy atom. The van der Waals surface area contributed by atoms with Crippen LogP contribution in [0.2, 0.25) is 0 Å². The van der Waals surface area contributed by atoms with Gasteiger partial charge in [-0.3, -0.25) is 4.79 Å². The quantitative estimate of drug-likeness (QED) is 0.781. The summed E-state index contributed by atoms with van der Waals surface area (Å²) in [6, 6.07) is 0. The van der Waals surface area contributed by atoms with Crippen LogP contribution in [0.5, 0.6) is 0 Å². The highest BCUT2D eigenvalue weighted by Gasteiger charge is 2.42. The fourth-order valence-corrected chi connectivity index (χ4v) is 3.19. The summed E-state index contributed by atoms with van der Waals surface area (Å²) in [7, 11) is 2.08. The summed E-state index contributed by atoms with van der Waals surface area (Å²) in [6.07, 6.45) is 7.96. The second kappa shape index (κ2) is 4.74. The Morgan fingerprint density at radius 1 is 1.31 bits per heavy atom. The Balaban J connectivity index is 1.87. The molecule has 2 saturated carbocycles. The Kier molecular flexibility index (Phi) is 3.53. The third-order valence-electron chi connectivity index (χ3n) is 4.38. The lowest BCUT2D eigenvalue weighted by atomic mass is 9.83. The van der Waals surface area contributed by atoms with Crippen LogP contribution >= 0.6 is 0 Å². The lowest BCUT2D eigenvalue weighted by Crippen LogP contribution is -2.42. The summed E-state index contributed by atoms with van der Waals surface area (Å²) in [6.45, 7) is 1.84. The Hall–Kier alpha value is -0.570. The molecule has 0 radical (unpaired) electrons. The van der Waals surface area contributed by atoms with Crippen molar-refractivity contribution in [3.05, 3.63) is 0 Å². The van der Waals surface area contributed by atoms with Crippen LogP contribution in [0, 0.1) is 11.3 Å². The van der Waals surface area contributed by atoms with Gasteiger partial charge in [0.2, 0.25) is 0 Å². The van der Waals surface area contributed by atoms with E-state index in [0.29, 0.717) is 0 Å². The number of carboxylic acid groups (broad SMARTS) is 1. The number of carboxylic acids is 1. The molecule has 0 aromatic heterocycles. The van der Waals surface area contributed by atoms with Crippen LogP contribution in [-0.2, 0) is 4.79 Å². The van der Waals surface area contributed by atoms with E-state index in [2.05, 4.69) is 11.9 Å².